The number of para-hydroxylation sites is 1. The third-order valence-electron chi connectivity index (χ3n) is 5.09. The molecule has 1 fully saturated rings. The molecule has 5 nitrogen and oxygen atoms in total. The van der Waals surface area contributed by atoms with Crippen LogP contribution in [0.2, 0.25) is 0 Å². The average Bonchev–Trinajstić information content (AvgIpc) is 2.99. The number of aliphatic hydroxyl groups is 1. The van der Waals surface area contributed by atoms with Crippen LogP contribution in [0.25, 0.3) is 22.2 Å². The maximum atomic E-state index is 11.1. The quantitative estimate of drug-likeness (QED) is 0.664. The van der Waals surface area contributed by atoms with Crippen LogP contribution >= 0.6 is 24.8 Å². The van der Waals surface area contributed by atoms with Gasteiger partial charge >= 0.3 is 0 Å². The fourth-order valence-electron chi connectivity index (χ4n) is 3.79. The molecule has 1 aromatic carbocycles. The zero-order chi connectivity index (χ0) is 17.4. The summed E-state index contributed by atoms with van der Waals surface area (Å²) in [5.41, 5.74) is 4.33. The molecule has 0 radical (unpaired) electrons. The van der Waals surface area contributed by atoms with Gasteiger partial charge in [-0.1, -0.05) is 29.8 Å². The molecule has 2 unspecified atom stereocenters. The van der Waals surface area contributed by atoms with Gasteiger partial charge in [-0.25, -0.2) is 4.98 Å². The molecule has 27 heavy (non-hydrogen) atoms. The molecule has 1 saturated heterocycles. The second kappa shape index (κ2) is 9.02. The van der Waals surface area contributed by atoms with E-state index in [1.807, 2.05) is 44.2 Å². The standard InChI is InChI=1S/C20H23N3O2.2ClH/c1-12-19(13(2)25-23-12)18-11-15(14-7-3-4-8-16(14)22-18)20(24)17-9-5-6-10-21-17;;/h3-4,7-8,11,17,20-21,24H,5-6,9-10H2,1-2H3;2*1H. The number of rotatable bonds is 3. The van der Waals surface area contributed by atoms with Gasteiger partial charge in [0, 0.05) is 11.4 Å². The first-order chi connectivity index (χ1) is 12.1. The Hall–Kier alpha value is -1.66. The Kier molecular flexibility index (Phi) is 7.23. The van der Waals surface area contributed by atoms with E-state index in [0.717, 1.165) is 58.6 Å². The van der Waals surface area contributed by atoms with Crippen molar-refractivity contribution in [1.82, 2.24) is 15.5 Å². The van der Waals surface area contributed by atoms with Gasteiger partial charge in [-0.2, -0.15) is 0 Å². The van der Waals surface area contributed by atoms with Gasteiger partial charge in [-0.3, -0.25) is 0 Å². The van der Waals surface area contributed by atoms with Crippen LogP contribution in [0.5, 0.6) is 0 Å². The summed E-state index contributed by atoms with van der Waals surface area (Å²) >= 11 is 0. The number of nitrogens with one attached hydrogen (secondary N) is 1. The van der Waals surface area contributed by atoms with Gasteiger partial charge < -0.3 is 14.9 Å². The summed E-state index contributed by atoms with van der Waals surface area (Å²) in [5, 5.41) is 19.6. The zero-order valence-corrected chi connectivity index (χ0v) is 17.1. The molecule has 0 amide bonds. The third-order valence-corrected chi connectivity index (χ3v) is 5.09. The molecule has 3 aromatic rings. The van der Waals surface area contributed by atoms with Gasteiger partial charge in [0.25, 0.3) is 0 Å². The number of hydrogen-bond acceptors (Lipinski definition) is 5. The van der Waals surface area contributed by atoms with Crippen molar-refractivity contribution in [3.63, 3.8) is 0 Å². The van der Waals surface area contributed by atoms with Crippen molar-refractivity contribution < 1.29 is 9.63 Å². The molecule has 7 heteroatoms. The molecule has 146 valence electrons. The van der Waals surface area contributed by atoms with E-state index in [1.54, 1.807) is 0 Å². The van der Waals surface area contributed by atoms with Crippen molar-refractivity contribution >= 4 is 35.7 Å². The molecular weight excluding hydrogens is 385 g/mol. The Bertz CT molecular complexity index is 888. The largest absolute Gasteiger partial charge is 0.387 e. The number of aromatic nitrogens is 2. The van der Waals surface area contributed by atoms with Crippen LogP contribution in [0.4, 0.5) is 0 Å². The molecule has 2 atom stereocenters. The minimum absolute atomic E-state index is 0. The first-order valence-corrected chi connectivity index (χ1v) is 8.89. The maximum Gasteiger partial charge on any atom is 0.143 e. The summed E-state index contributed by atoms with van der Waals surface area (Å²) in [6, 6.07) is 10.1. The second-order valence-corrected chi connectivity index (χ2v) is 6.81. The normalized spacial score (nSPS) is 17.8. The van der Waals surface area contributed by atoms with Crippen molar-refractivity contribution in [2.75, 3.05) is 6.54 Å². The summed E-state index contributed by atoms with van der Waals surface area (Å²) in [4.78, 5) is 4.80. The van der Waals surface area contributed by atoms with Crippen LogP contribution < -0.4 is 5.32 Å². The molecule has 3 heterocycles. The van der Waals surface area contributed by atoms with Gasteiger partial charge in [0.1, 0.15) is 5.76 Å². The summed E-state index contributed by atoms with van der Waals surface area (Å²) in [6.07, 6.45) is 2.74. The lowest BCUT2D eigenvalue weighted by Gasteiger charge is -2.29. The minimum Gasteiger partial charge on any atom is -0.387 e. The lowest BCUT2D eigenvalue weighted by Crippen LogP contribution is -2.38. The smallest absolute Gasteiger partial charge is 0.143 e. The van der Waals surface area contributed by atoms with E-state index in [-0.39, 0.29) is 30.9 Å². The van der Waals surface area contributed by atoms with E-state index in [0.29, 0.717) is 0 Å². The molecule has 2 aromatic heterocycles. The van der Waals surface area contributed by atoms with Crippen LogP contribution in [0, 0.1) is 13.8 Å². The zero-order valence-electron chi connectivity index (χ0n) is 15.4. The van der Waals surface area contributed by atoms with Crippen LogP contribution in [-0.4, -0.2) is 27.8 Å². The average molecular weight is 410 g/mol. The van der Waals surface area contributed by atoms with Gasteiger partial charge in [0.05, 0.1) is 28.6 Å². The molecule has 0 spiro atoms. The molecule has 4 rings (SSSR count). The second-order valence-electron chi connectivity index (χ2n) is 6.81. The van der Waals surface area contributed by atoms with Gasteiger partial charge in [0.2, 0.25) is 0 Å². The van der Waals surface area contributed by atoms with E-state index < -0.39 is 6.10 Å². The molecule has 0 saturated carbocycles. The lowest BCUT2D eigenvalue weighted by molar-refractivity contribution is 0.115. The summed E-state index contributed by atoms with van der Waals surface area (Å²) in [7, 11) is 0. The van der Waals surface area contributed by atoms with Crippen LogP contribution in [0.3, 0.4) is 0 Å². The maximum absolute atomic E-state index is 11.1. The number of piperidine rings is 1. The molecule has 1 aliphatic heterocycles. The number of halogens is 2. The summed E-state index contributed by atoms with van der Waals surface area (Å²) in [6.45, 7) is 4.77. The number of aliphatic hydroxyl groups excluding tert-OH is 1. The number of benzene rings is 1. The van der Waals surface area contributed by atoms with Crippen molar-refractivity contribution in [1.29, 1.82) is 0 Å². The highest BCUT2D eigenvalue weighted by molar-refractivity contribution is 5.86. The van der Waals surface area contributed by atoms with Crippen molar-refractivity contribution in [2.24, 2.45) is 0 Å². The summed E-state index contributed by atoms with van der Waals surface area (Å²) in [5.74, 6) is 0.747. The van der Waals surface area contributed by atoms with Crippen LogP contribution in [0.15, 0.2) is 34.9 Å². The van der Waals surface area contributed by atoms with Gasteiger partial charge in [-0.15, -0.1) is 24.8 Å². The number of fused-ring (bicyclic) bond motifs is 1. The third kappa shape index (κ3) is 4.11. The van der Waals surface area contributed by atoms with E-state index in [2.05, 4.69) is 10.5 Å². The number of pyridine rings is 1. The Morgan fingerprint density at radius 3 is 2.63 bits per heavy atom. The van der Waals surface area contributed by atoms with E-state index in [9.17, 15) is 5.11 Å². The fraction of sp³-hybridized carbons (Fsp3) is 0.400. The highest BCUT2D eigenvalue weighted by Gasteiger charge is 2.26. The topological polar surface area (TPSA) is 71.2 Å². The molecule has 0 bridgehead atoms. The van der Waals surface area contributed by atoms with E-state index in [1.165, 1.54) is 6.42 Å². The van der Waals surface area contributed by atoms with E-state index in [4.69, 9.17) is 9.51 Å². The molecule has 0 aliphatic carbocycles. The highest BCUT2D eigenvalue weighted by Crippen LogP contribution is 2.34. The monoisotopic (exact) mass is 409 g/mol. The minimum atomic E-state index is -0.563. The van der Waals surface area contributed by atoms with Crippen molar-refractivity contribution in [3.8, 4) is 11.3 Å². The SMILES string of the molecule is Cc1noc(C)c1-c1cc(C(O)C2CCCCN2)c2ccccc2n1.Cl.Cl. The number of aryl methyl sites for hydroxylation is 2. The Morgan fingerprint density at radius 1 is 1.19 bits per heavy atom. The fourth-order valence-corrected chi connectivity index (χ4v) is 3.79. The van der Waals surface area contributed by atoms with Crippen LogP contribution in [0.1, 0.15) is 42.4 Å². The van der Waals surface area contributed by atoms with Crippen molar-refractivity contribution in [3.05, 3.63) is 47.3 Å². The Labute approximate surface area is 171 Å². The Balaban J connectivity index is 0.00000131. The number of hydrogen-bond donors (Lipinski definition) is 2. The molecule has 2 N–H and O–H groups in total. The van der Waals surface area contributed by atoms with Gasteiger partial charge in [0.15, 0.2) is 0 Å². The first kappa shape index (κ1) is 21.6. The van der Waals surface area contributed by atoms with E-state index >= 15 is 0 Å². The first-order valence-electron chi connectivity index (χ1n) is 8.89. The molecule has 1 aliphatic rings. The lowest BCUT2D eigenvalue weighted by atomic mass is 9.91. The Morgan fingerprint density at radius 2 is 1.96 bits per heavy atom. The van der Waals surface area contributed by atoms with Crippen LogP contribution in [-0.2, 0) is 0 Å². The van der Waals surface area contributed by atoms with Gasteiger partial charge in [-0.05, 0) is 50.9 Å². The highest BCUT2D eigenvalue weighted by atomic mass is 35.5. The molecular formula is C20H25Cl2N3O2. The predicted molar refractivity (Wildman–Crippen MR) is 112 cm³/mol. The van der Waals surface area contributed by atoms with Crippen molar-refractivity contribution in [2.45, 2.75) is 45.3 Å². The predicted octanol–water partition coefficient (Wildman–Crippen LogP) is 4.53. The summed E-state index contributed by atoms with van der Waals surface area (Å²) < 4.78 is 5.31. The number of nitrogens with zero attached hydrogens (tertiary/aromatic N) is 2.